The number of rotatable bonds is 4. The third kappa shape index (κ3) is 4.08. The molecule has 0 heterocycles. The molecule has 6 heteroatoms. The molecule has 25 heavy (non-hydrogen) atoms. The molecule has 1 aliphatic carbocycles. The Morgan fingerprint density at radius 1 is 1.04 bits per heavy atom. The van der Waals surface area contributed by atoms with Crippen LogP contribution in [0.1, 0.15) is 52.9 Å². The molecule has 1 aliphatic rings. The maximum atomic E-state index is 12.5. The van der Waals surface area contributed by atoms with Gasteiger partial charge >= 0.3 is 0 Å². The Hall–Kier alpha value is -2.18. The van der Waals surface area contributed by atoms with Gasteiger partial charge in [0.25, 0.3) is 5.91 Å². The van der Waals surface area contributed by atoms with Crippen molar-refractivity contribution in [2.75, 3.05) is 0 Å². The number of carbonyl (C=O) groups excluding carboxylic acids is 1. The van der Waals surface area contributed by atoms with Gasteiger partial charge in [0.2, 0.25) is 10.0 Å². The summed E-state index contributed by atoms with van der Waals surface area (Å²) in [4.78, 5) is 12.6. The summed E-state index contributed by atoms with van der Waals surface area (Å²) in [5.74, 6) is -0.128. The van der Waals surface area contributed by atoms with Crippen LogP contribution in [-0.2, 0) is 22.9 Å². The maximum absolute atomic E-state index is 12.5. The van der Waals surface area contributed by atoms with Gasteiger partial charge in [-0.25, -0.2) is 13.6 Å². The number of fused-ring (bicyclic) bond motifs is 1. The van der Waals surface area contributed by atoms with Crippen LogP contribution in [0, 0.1) is 0 Å². The van der Waals surface area contributed by atoms with Crippen LogP contribution in [0.2, 0.25) is 0 Å². The van der Waals surface area contributed by atoms with Gasteiger partial charge < -0.3 is 5.32 Å². The van der Waals surface area contributed by atoms with Crippen molar-refractivity contribution in [3.8, 4) is 0 Å². The zero-order valence-electron chi connectivity index (χ0n) is 14.2. The monoisotopic (exact) mass is 358 g/mol. The molecule has 3 rings (SSSR count). The maximum Gasteiger partial charge on any atom is 0.251 e. The largest absolute Gasteiger partial charge is 0.346 e. The molecule has 0 bridgehead atoms. The second kappa shape index (κ2) is 6.98. The first-order valence-electron chi connectivity index (χ1n) is 8.40. The van der Waals surface area contributed by atoms with Crippen molar-refractivity contribution >= 4 is 15.9 Å². The van der Waals surface area contributed by atoms with Crippen LogP contribution in [0.4, 0.5) is 0 Å². The van der Waals surface area contributed by atoms with E-state index in [1.807, 2.05) is 19.1 Å². The molecule has 0 aliphatic heterocycles. The molecule has 0 saturated heterocycles. The lowest BCUT2D eigenvalue weighted by Gasteiger charge is -2.18. The number of hydrogen-bond acceptors (Lipinski definition) is 3. The number of benzene rings is 2. The zero-order valence-corrected chi connectivity index (χ0v) is 15.0. The average Bonchev–Trinajstić information content (AvgIpc) is 2.60. The van der Waals surface area contributed by atoms with Gasteiger partial charge in [-0.2, -0.15) is 0 Å². The molecule has 3 N–H and O–H groups in total. The van der Waals surface area contributed by atoms with E-state index in [9.17, 15) is 13.2 Å². The van der Waals surface area contributed by atoms with Gasteiger partial charge in [-0.15, -0.1) is 0 Å². The summed E-state index contributed by atoms with van der Waals surface area (Å²) in [7, 11) is -3.71. The van der Waals surface area contributed by atoms with Crippen LogP contribution in [0.25, 0.3) is 0 Å². The number of nitrogens with one attached hydrogen (secondary N) is 1. The molecule has 2 aromatic rings. The van der Waals surface area contributed by atoms with Gasteiger partial charge in [-0.3, -0.25) is 4.79 Å². The lowest BCUT2D eigenvalue weighted by Crippen LogP contribution is -2.27. The quantitative estimate of drug-likeness (QED) is 0.880. The lowest BCUT2D eigenvalue weighted by molar-refractivity contribution is 0.0939. The number of primary sulfonamides is 1. The molecule has 5 nitrogen and oxygen atoms in total. The second-order valence-corrected chi connectivity index (χ2v) is 8.06. The summed E-state index contributed by atoms with van der Waals surface area (Å²) < 4.78 is 22.6. The molecule has 0 saturated carbocycles. The number of carbonyl (C=O) groups is 1. The molecular formula is C19H22N2O3S. The van der Waals surface area contributed by atoms with Gasteiger partial charge in [0.15, 0.2) is 0 Å². The molecule has 1 amide bonds. The smallest absolute Gasteiger partial charge is 0.251 e. The minimum atomic E-state index is -3.71. The minimum Gasteiger partial charge on any atom is -0.346 e. The Morgan fingerprint density at radius 3 is 2.32 bits per heavy atom. The molecule has 0 aromatic heterocycles. The van der Waals surface area contributed by atoms with Crippen LogP contribution in [-0.4, -0.2) is 14.3 Å². The predicted molar refractivity (Wildman–Crippen MR) is 96.8 cm³/mol. The molecular weight excluding hydrogens is 336 g/mol. The second-order valence-electron chi connectivity index (χ2n) is 6.50. The first-order valence-corrected chi connectivity index (χ1v) is 9.94. The zero-order chi connectivity index (χ0) is 18.0. The summed E-state index contributed by atoms with van der Waals surface area (Å²) >= 11 is 0. The van der Waals surface area contributed by atoms with E-state index in [0.29, 0.717) is 5.56 Å². The van der Waals surface area contributed by atoms with Crippen molar-refractivity contribution in [1.82, 2.24) is 5.32 Å². The summed E-state index contributed by atoms with van der Waals surface area (Å²) in [6.07, 6.45) is 4.50. The standard InChI is InChI=1S/C19H22N2O3S/c1-13(14-8-10-18(11-9-14)25(20,23)24)21-19(22)17-7-6-15-4-2-3-5-16(15)12-17/h6-13H,2-5H2,1H3,(H,21,22)(H2,20,23,24)/t13-/m1/s1. The van der Waals surface area contributed by atoms with E-state index >= 15 is 0 Å². The number of amides is 1. The Balaban J connectivity index is 1.72. The van der Waals surface area contributed by atoms with Crippen molar-refractivity contribution in [2.45, 2.75) is 43.5 Å². The Kier molecular flexibility index (Phi) is 4.92. The van der Waals surface area contributed by atoms with E-state index in [1.165, 1.54) is 36.1 Å². The third-order valence-corrected chi connectivity index (χ3v) is 5.60. The van der Waals surface area contributed by atoms with Crippen molar-refractivity contribution in [3.63, 3.8) is 0 Å². The highest BCUT2D eigenvalue weighted by molar-refractivity contribution is 7.89. The topological polar surface area (TPSA) is 89.3 Å². The van der Waals surface area contributed by atoms with Crippen molar-refractivity contribution in [3.05, 3.63) is 64.7 Å². The van der Waals surface area contributed by atoms with Gasteiger partial charge in [-0.1, -0.05) is 18.2 Å². The molecule has 0 unspecified atom stereocenters. The molecule has 132 valence electrons. The van der Waals surface area contributed by atoms with E-state index in [1.54, 1.807) is 12.1 Å². The molecule has 0 spiro atoms. The molecule has 2 aromatic carbocycles. The SMILES string of the molecule is C[C@@H](NC(=O)c1ccc2c(c1)CCCC2)c1ccc(S(N)(=O)=O)cc1. The van der Waals surface area contributed by atoms with Crippen molar-refractivity contribution in [1.29, 1.82) is 0 Å². The highest BCUT2D eigenvalue weighted by atomic mass is 32.2. The number of hydrogen-bond donors (Lipinski definition) is 2. The summed E-state index contributed by atoms with van der Waals surface area (Å²) in [5.41, 5.74) is 4.09. The van der Waals surface area contributed by atoms with Crippen LogP contribution in [0.3, 0.4) is 0 Å². The highest BCUT2D eigenvalue weighted by Crippen LogP contribution is 2.23. The number of aryl methyl sites for hydroxylation is 2. The first kappa shape index (κ1) is 17.6. The van der Waals surface area contributed by atoms with Gasteiger partial charge in [0, 0.05) is 5.56 Å². The fraction of sp³-hybridized carbons (Fsp3) is 0.316. The molecule has 1 atom stereocenters. The van der Waals surface area contributed by atoms with E-state index in [4.69, 9.17) is 5.14 Å². The van der Waals surface area contributed by atoms with Crippen molar-refractivity contribution < 1.29 is 13.2 Å². The normalized spacial score (nSPS) is 15.3. The predicted octanol–water partition coefficient (Wildman–Crippen LogP) is 2.70. The van der Waals surface area contributed by atoms with Crippen molar-refractivity contribution in [2.24, 2.45) is 5.14 Å². The molecule has 0 fully saturated rings. The van der Waals surface area contributed by atoms with Crippen LogP contribution < -0.4 is 10.5 Å². The van der Waals surface area contributed by atoms with Crippen LogP contribution in [0.15, 0.2) is 47.4 Å². The van der Waals surface area contributed by atoms with E-state index in [-0.39, 0.29) is 16.8 Å². The highest BCUT2D eigenvalue weighted by Gasteiger charge is 2.16. The minimum absolute atomic E-state index is 0.0597. The van der Waals surface area contributed by atoms with Crippen LogP contribution in [0.5, 0.6) is 0 Å². The number of nitrogens with two attached hydrogens (primary N) is 1. The number of sulfonamides is 1. The Morgan fingerprint density at radius 2 is 1.68 bits per heavy atom. The van der Waals surface area contributed by atoms with E-state index < -0.39 is 10.0 Å². The lowest BCUT2D eigenvalue weighted by atomic mass is 9.90. The Bertz CT molecular complexity index is 889. The Labute approximate surface area is 148 Å². The fourth-order valence-corrected chi connectivity index (χ4v) is 3.70. The molecule has 0 radical (unpaired) electrons. The first-order chi connectivity index (χ1) is 11.8. The van der Waals surface area contributed by atoms with Gasteiger partial charge in [0.1, 0.15) is 0 Å². The average molecular weight is 358 g/mol. The van der Waals surface area contributed by atoms with Gasteiger partial charge in [0.05, 0.1) is 10.9 Å². The van der Waals surface area contributed by atoms with Gasteiger partial charge in [-0.05, 0) is 73.6 Å². The van der Waals surface area contributed by atoms with Crippen LogP contribution >= 0.6 is 0 Å². The van der Waals surface area contributed by atoms with E-state index in [2.05, 4.69) is 11.4 Å². The summed E-state index contributed by atoms with van der Waals surface area (Å²) in [5, 5.41) is 8.06. The van der Waals surface area contributed by atoms with E-state index in [0.717, 1.165) is 18.4 Å². The fourth-order valence-electron chi connectivity index (χ4n) is 3.18. The third-order valence-electron chi connectivity index (χ3n) is 4.67. The summed E-state index contributed by atoms with van der Waals surface area (Å²) in [6, 6.07) is 11.9. The summed E-state index contributed by atoms with van der Waals surface area (Å²) in [6.45, 7) is 1.86.